The number of aromatic nitrogens is 1. The summed E-state index contributed by atoms with van der Waals surface area (Å²) in [5.74, 6) is 0.373. The highest BCUT2D eigenvalue weighted by molar-refractivity contribution is 7.17. The van der Waals surface area contributed by atoms with Crippen LogP contribution in [0.3, 0.4) is 0 Å². The van der Waals surface area contributed by atoms with Crippen LogP contribution in [0.25, 0.3) is 22.2 Å². The van der Waals surface area contributed by atoms with E-state index in [0.29, 0.717) is 34.6 Å². The number of fused-ring (bicyclic) bond motifs is 2. The fraction of sp³-hybridized carbons (Fsp3) is 0.323. The van der Waals surface area contributed by atoms with Gasteiger partial charge in [-0.15, -0.1) is 11.3 Å². The molecule has 6 heteroatoms. The highest BCUT2D eigenvalue weighted by Crippen LogP contribution is 2.40. The number of amides is 1. The molecule has 1 aliphatic carbocycles. The first-order valence-electron chi connectivity index (χ1n) is 13.0. The van der Waals surface area contributed by atoms with Crippen molar-refractivity contribution in [3.05, 3.63) is 81.7 Å². The first kappa shape index (κ1) is 25.2. The van der Waals surface area contributed by atoms with Gasteiger partial charge in [0.1, 0.15) is 5.00 Å². The van der Waals surface area contributed by atoms with Gasteiger partial charge < -0.3 is 10.1 Å². The number of pyridine rings is 1. The van der Waals surface area contributed by atoms with Gasteiger partial charge in [-0.25, -0.2) is 9.78 Å². The lowest BCUT2D eigenvalue weighted by atomic mass is 9.88. The fourth-order valence-electron chi connectivity index (χ4n) is 4.98. The van der Waals surface area contributed by atoms with Crippen LogP contribution in [0, 0.1) is 5.92 Å². The van der Waals surface area contributed by atoms with Crippen molar-refractivity contribution in [3.63, 3.8) is 0 Å². The molecule has 2 aromatic carbocycles. The molecule has 2 aromatic heterocycles. The molecule has 1 amide bonds. The van der Waals surface area contributed by atoms with Gasteiger partial charge in [-0.2, -0.15) is 0 Å². The standard InChI is InChI=1S/C31H32N2O3S/c1-5-36-31(35)28-23-15-10-19(4)16-27(23)37-30(28)33-29(34)24-17-26(32-25-9-7-6-8-22(24)25)21-13-11-20(12-14-21)18(2)3/h6-9,11-14,17-19H,5,10,15-16H2,1-4H3,(H,33,34)/t19-/m1/s1. The van der Waals surface area contributed by atoms with E-state index in [4.69, 9.17) is 9.72 Å². The summed E-state index contributed by atoms with van der Waals surface area (Å²) >= 11 is 1.50. The van der Waals surface area contributed by atoms with Crippen LogP contribution in [0.2, 0.25) is 0 Å². The van der Waals surface area contributed by atoms with Crippen LogP contribution in [0.1, 0.15) is 76.8 Å². The Morgan fingerprint density at radius 3 is 2.62 bits per heavy atom. The minimum absolute atomic E-state index is 0.254. The van der Waals surface area contributed by atoms with Gasteiger partial charge in [-0.05, 0) is 61.3 Å². The molecule has 0 unspecified atom stereocenters. The van der Waals surface area contributed by atoms with Crippen molar-refractivity contribution in [2.24, 2.45) is 5.92 Å². The highest BCUT2D eigenvalue weighted by atomic mass is 32.1. The van der Waals surface area contributed by atoms with Gasteiger partial charge >= 0.3 is 5.97 Å². The number of para-hydroxylation sites is 1. The van der Waals surface area contributed by atoms with Gasteiger partial charge in [0.25, 0.3) is 5.91 Å². The van der Waals surface area contributed by atoms with Gasteiger partial charge in [0.05, 0.1) is 28.9 Å². The molecule has 0 spiro atoms. The average molecular weight is 513 g/mol. The third-order valence-corrected chi connectivity index (χ3v) is 8.22. The van der Waals surface area contributed by atoms with E-state index in [2.05, 4.69) is 50.4 Å². The summed E-state index contributed by atoms with van der Waals surface area (Å²) in [6.07, 6.45) is 2.76. The van der Waals surface area contributed by atoms with E-state index in [-0.39, 0.29) is 11.9 Å². The number of hydrogen-bond acceptors (Lipinski definition) is 5. The molecule has 1 N–H and O–H groups in total. The Labute approximate surface area is 221 Å². The topological polar surface area (TPSA) is 68.3 Å². The van der Waals surface area contributed by atoms with Crippen molar-refractivity contribution in [2.75, 3.05) is 11.9 Å². The number of nitrogens with one attached hydrogen (secondary N) is 1. The first-order valence-corrected chi connectivity index (χ1v) is 13.8. The minimum Gasteiger partial charge on any atom is -0.462 e. The molecule has 1 atom stereocenters. The van der Waals surface area contributed by atoms with E-state index in [1.54, 1.807) is 6.92 Å². The molecule has 37 heavy (non-hydrogen) atoms. The van der Waals surface area contributed by atoms with Gasteiger partial charge in [0, 0.05) is 15.8 Å². The quantitative estimate of drug-likeness (QED) is 0.270. The number of carbonyl (C=O) groups excluding carboxylic acids is 2. The summed E-state index contributed by atoms with van der Waals surface area (Å²) in [4.78, 5) is 32.7. The predicted octanol–water partition coefficient (Wildman–Crippen LogP) is 7.64. The van der Waals surface area contributed by atoms with Crippen LogP contribution in [0.15, 0.2) is 54.6 Å². The summed E-state index contributed by atoms with van der Waals surface area (Å²) in [7, 11) is 0. The van der Waals surface area contributed by atoms with Crippen LogP contribution in [-0.2, 0) is 17.6 Å². The molecule has 0 radical (unpaired) electrons. The number of anilines is 1. The highest BCUT2D eigenvalue weighted by Gasteiger charge is 2.29. The van der Waals surface area contributed by atoms with Crippen LogP contribution in [0.4, 0.5) is 5.00 Å². The summed E-state index contributed by atoms with van der Waals surface area (Å²) in [5, 5.41) is 4.43. The Morgan fingerprint density at radius 2 is 1.89 bits per heavy atom. The first-order chi connectivity index (χ1) is 17.9. The molecule has 0 fully saturated rings. The van der Waals surface area contributed by atoms with Crippen molar-refractivity contribution in [1.82, 2.24) is 4.98 Å². The number of esters is 1. The summed E-state index contributed by atoms with van der Waals surface area (Å²) < 4.78 is 5.39. The van der Waals surface area contributed by atoms with E-state index >= 15 is 0 Å². The number of hydrogen-bond donors (Lipinski definition) is 1. The number of carbonyl (C=O) groups is 2. The number of thiophene rings is 1. The summed E-state index contributed by atoms with van der Waals surface area (Å²) in [6.45, 7) is 8.65. The van der Waals surface area contributed by atoms with Crippen molar-refractivity contribution < 1.29 is 14.3 Å². The zero-order chi connectivity index (χ0) is 26.1. The molecular formula is C31H32N2O3S. The van der Waals surface area contributed by atoms with Crippen LogP contribution in [0.5, 0.6) is 0 Å². The number of nitrogens with zero attached hydrogens (tertiary/aromatic N) is 1. The molecule has 0 aliphatic heterocycles. The van der Waals surface area contributed by atoms with Gasteiger partial charge in [-0.1, -0.05) is 63.2 Å². The second-order valence-corrected chi connectivity index (χ2v) is 11.2. The zero-order valence-electron chi connectivity index (χ0n) is 21.8. The molecular weight excluding hydrogens is 480 g/mol. The molecule has 1 aliphatic rings. The van der Waals surface area contributed by atoms with Gasteiger partial charge in [-0.3, -0.25) is 4.79 Å². The Morgan fingerprint density at radius 1 is 1.14 bits per heavy atom. The van der Waals surface area contributed by atoms with E-state index in [1.807, 2.05) is 30.3 Å². The Hall–Kier alpha value is -3.51. The van der Waals surface area contributed by atoms with E-state index in [0.717, 1.165) is 47.0 Å². The van der Waals surface area contributed by atoms with Gasteiger partial charge in [0.15, 0.2) is 0 Å². The molecule has 0 saturated carbocycles. The summed E-state index contributed by atoms with van der Waals surface area (Å²) in [5.41, 5.74) is 5.78. The SMILES string of the molecule is CCOC(=O)c1c(NC(=O)c2cc(-c3ccc(C(C)C)cc3)nc3ccccc23)sc2c1CC[C@@H](C)C2. The largest absolute Gasteiger partial charge is 0.462 e. The van der Waals surface area contributed by atoms with Crippen LogP contribution >= 0.6 is 11.3 Å². The molecule has 190 valence electrons. The van der Waals surface area contributed by atoms with Crippen molar-refractivity contribution in [2.45, 2.75) is 52.9 Å². The van der Waals surface area contributed by atoms with Crippen LogP contribution < -0.4 is 5.32 Å². The average Bonchev–Trinajstić information content (AvgIpc) is 3.24. The molecule has 4 aromatic rings. The fourth-order valence-corrected chi connectivity index (χ4v) is 6.37. The molecule has 0 bridgehead atoms. The third kappa shape index (κ3) is 5.03. The molecule has 5 nitrogen and oxygen atoms in total. The van der Waals surface area contributed by atoms with E-state index < -0.39 is 0 Å². The smallest absolute Gasteiger partial charge is 0.341 e. The number of ether oxygens (including phenoxy) is 1. The van der Waals surface area contributed by atoms with Crippen molar-refractivity contribution in [1.29, 1.82) is 0 Å². The van der Waals surface area contributed by atoms with Crippen LogP contribution in [-0.4, -0.2) is 23.5 Å². The monoisotopic (exact) mass is 512 g/mol. The minimum atomic E-state index is -0.365. The lowest BCUT2D eigenvalue weighted by molar-refractivity contribution is 0.0526. The Bertz CT molecular complexity index is 1470. The zero-order valence-corrected chi connectivity index (χ0v) is 22.6. The maximum absolute atomic E-state index is 13.8. The number of rotatable bonds is 6. The predicted molar refractivity (Wildman–Crippen MR) is 151 cm³/mol. The Kier molecular flexibility index (Phi) is 7.11. The lowest BCUT2D eigenvalue weighted by Crippen LogP contribution is -2.17. The normalized spacial score (nSPS) is 15.0. The maximum Gasteiger partial charge on any atom is 0.341 e. The second-order valence-electron chi connectivity index (χ2n) is 10.1. The second kappa shape index (κ2) is 10.5. The van der Waals surface area contributed by atoms with Crippen molar-refractivity contribution in [3.8, 4) is 11.3 Å². The Balaban J connectivity index is 1.56. The number of benzene rings is 2. The summed E-state index contributed by atoms with van der Waals surface area (Å²) in [6, 6.07) is 17.9. The van der Waals surface area contributed by atoms with E-state index in [9.17, 15) is 9.59 Å². The maximum atomic E-state index is 13.8. The molecule has 2 heterocycles. The molecule has 0 saturated heterocycles. The third-order valence-electron chi connectivity index (χ3n) is 7.05. The lowest BCUT2D eigenvalue weighted by Gasteiger charge is -2.18. The van der Waals surface area contributed by atoms with Crippen molar-refractivity contribution >= 4 is 39.1 Å². The van der Waals surface area contributed by atoms with E-state index in [1.165, 1.54) is 21.8 Å². The van der Waals surface area contributed by atoms with Gasteiger partial charge in [0.2, 0.25) is 0 Å². The molecule has 5 rings (SSSR count).